The van der Waals surface area contributed by atoms with E-state index >= 15 is 0 Å². The van der Waals surface area contributed by atoms with Crippen LogP contribution in [0.25, 0.3) is 0 Å². The molecular weight excluding hydrogens is 228 g/mol. The lowest BCUT2D eigenvalue weighted by atomic mass is 10.2. The highest BCUT2D eigenvalue weighted by molar-refractivity contribution is 7.86. The maximum absolute atomic E-state index is 10.9. The van der Waals surface area contributed by atoms with Crippen LogP contribution < -0.4 is 5.73 Å². The van der Waals surface area contributed by atoms with Crippen LogP contribution in [0.1, 0.15) is 5.56 Å². The van der Waals surface area contributed by atoms with E-state index < -0.39 is 10.1 Å². The maximum Gasteiger partial charge on any atom is 0.295 e. The molecule has 5 nitrogen and oxygen atoms in total. The Hall–Kier alpha value is -1.11. The molecule has 1 aromatic rings. The molecule has 0 spiro atoms. The molecule has 0 bridgehead atoms. The van der Waals surface area contributed by atoms with Crippen molar-refractivity contribution in [3.63, 3.8) is 0 Å². The van der Waals surface area contributed by atoms with Gasteiger partial charge in [0, 0.05) is 17.3 Å². The van der Waals surface area contributed by atoms with Crippen molar-refractivity contribution in [1.29, 1.82) is 0 Å². The minimum atomic E-state index is -4.31. The predicted octanol–water partition coefficient (Wildman–Crippen LogP) is 0.792. The molecule has 0 aliphatic heterocycles. The summed E-state index contributed by atoms with van der Waals surface area (Å²) in [6.45, 7) is 0. The van der Waals surface area contributed by atoms with Crippen LogP contribution in [-0.4, -0.2) is 18.8 Å². The molecule has 1 rings (SSSR count). The highest BCUT2D eigenvalue weighted by Crippen LogP contribution is 2.14. The zero-order valence-corrected chi connectivity index (χ0v) is 8.46. The summed E-state index contributed by atoms with van der Waals surface area (Å²) >= 11 is 5.10. The first-order valence-electron chi connectivity index (χ1n) is 3.48. The second-order valence-electron chi connectivity index (χ2n) is 2.44. The Kier molecular flexibility index (Phi) is 3.10. The highest BCUT2D eigenvalue weighted by Gasteiger charge is 2.16. The summed E-state index contributed by atoms with van der Waals surface area (Å²) in [5.74, 6) is -0.167. The van der Waals surface area contributed by atoms with E-state index in [4.69, 9.17) is 22.1 Å². The first kappa shape index (κ1) is 11.0. The summed E-state index contributed by atoms with van der Waals surface area (Å²) < 4.78 is 33.7. The van der Waals surface area contributed by atoms with Crippen molar-refractivity contribution in [3.8, 4) is 0 Å². The Balaban J connectivity index is 3.46. The maximum atomic E-state index is 10.9. The molecule has 0 heterocycles. The van der Waals surface area contributed by atoms with Gasteiger partial charge < -0.3 is 5.73 Å². The third kappa shape index (κ3) is 2.22. The lowest BCUT2D eigenvalue weighted by Gasteiger charge is -2.04. The topological polar surface area (TPSA) is 92.8 Å². The monoisotopic (exact) mass is 234 g/mol. The molecule has 0 fully saturated rings. The fourth-order valence-corrected chi connectivity index (χ4v) is 1.74. The largest absolute Gasteiger partial charge is 0.382 e. The van der Waals surface area contributed by atoms with Crippen molar-refractivity contribution < 1.29 is 13.0 Å². The minimum Gasteiger partial charge on any atom is -0.382 e. The van der Waals surface area contributed by atoms with Crippen LogP contribution in [-0.2, 0) is 10.1 Å². The van der Waals surface area contributed by atoms with Gasteiger partial charge in [-0.05, 0) is 12.1 Å². The van der Waals surface area contributed by atoms with Gasteiger partial charge in [0.05, 0.1) is 0 Å². The van der Waals surface area contributed by atoms with Crippen LogP contribution in [0, 0.1) is 0 Å². The van der Waals surface area contributed by atoms with Crippen molar-refractivity contribution in [1.82, 2.24) is 0 Å². The van der Waals surface area contributed by atoms with Crippen molar-refractivity contribution >= 4 is 27.7 Å². The molecule has 0 saturated heterocycles. The van der Waals surface area contributed by atoms with Crippen LogP contribution in [0.5, 0.6) is 0 Å². The number of hydrogen-bond donors (Lipinski definition) is 2. The lowest BCUT2D eigenvalue weighted by molar-refractivity contribution is 0.483. The molecular formula is C7H7ClN2O3S. The smallest absolute Gasteiger partial charge is 0.295 e. The Labute approximate surface area is 86.1 Å². The second kappa shape index (κ2) is 3.95. The van der Waals surface area contributed by atoms with E-state index in [-0.39, 0.29) is 16.3 Å². The normalized spacial score (nSPS) is 12.9. The molecule has 0 unspecified atom stereocenters. The fraction of sp³-hybridized carbons (Fsp3) is 0. The molecule has 1 aromatic carbocycles. The van der Waals surface area contributed by atoms with Crippen molar-refractivity contribution in [2.45, 2.75) is 4.90 Å². The summed E-state index contributed by atoms with van der Waals surface area (Å²) in [7, 11) is -4.31. The number of nitrogens with two attached hydrogens (primary N) is 1. The van der Waals surface area contributed by atoms with E-state index in [0.29, 0.717) is 0 Å². The predicted molar refractivity (Wildman–Crippen MR) is 52.8 cm³/mol. The van der Waals surface area contributed by atoms with Crippen molar-refractivity contribution in [2.24, 2.45) is 10.2 Å². The number of halogens is 1. The van der Waals surface area contributed by atoms with E-state index in [1.54, 1.807) is 6.07 Å². The molecule has 3 N–H and O–H groups in total. The van der Waals surface area contributed by atoms with Crippen molar-refractivity contribution in [2.75, 3.05) is 0 Å². The fourth-order valence-electron chi connectivity index (χ4n) is 0.949. The highest BCUT2D eigenvalue weighted by atomic mass is 35.5. The van der Waals surface area contributed by atoms with Gasteiger partial charge in [0.2, 0.25) is 0 Å². The Bertz CT molecular complexity index is 470. The summed E-state index contributed by atoms with van der Waals surface area (Å²) in [6.07, 6.45) is 0. The zero-order valence-electron chi connectivity index (χ0n) is 6.88. The van der Waals surface area contributed by atoms with Crippen LogP contribution in [0.2, 0.25) is 0 Å². The Morgan fingerprint density at radius 2 is 2.00 bits per heavy atom. The molecule has 0 aliphatic rings. The van der Waals surface area contributed by atoms with Gasteiger partial charge in [-0.15, -0.1) is 0 Å². The number of rotatable bonds is 2. The minimum absolute atomic E-state index is 0.0741. The van der Waals surface area contributed by atoms with E-state index in [1.807, 2.05) is 0 Å². The molecule has 7 heteroatoms. The van der Waals surface area contributed by atoms with Crippen LogP contribution in [0.4, 0.5) is 0 Å². The van der Waals surface area contributed by atoms with E-state index in [9.17, 15) is 8.42 Å². The average Bonchev–Trinajstić information content (AvgIpc) is 2.15. The number of amidine groups is 1. The molecule has 0 aliphatic carbocycles. The quantitative estimate of drug-likeness (QED) is 0.450. The molecule has 0 amide bonds. The standard InChI is InChI=1S/C7H7ClN2O3S/c8-10-7(9)5-3-1-2-4-6(5)14(11,12)13/h1-4H,(H2,9,10)(H,11,12,13). The second-order valence-corrected chi connectivity index (χ2v) is 4.00. The molecule has 76 valence electrons. The van der Waals surface area contributed by atoms with Gasteiger partial charge in [0.25, 0.3) is 10.1 Å². The first-order chi connectivity index (χ1) is 6.46. The summed E-state index contributed by atoms with van der Waals surface area (Å²) in [6, 6.07) is 5.61. The van der Waals surface area contributed by atoms with E-state index in [2.05, 4.69) is 4.51 Å². The van der Waals surface area contributed by atoms with Gasteiger partial charge in [-0.1, -0.05) is 12.1 Å². The third-order valence-corrected chi connectivity index (χ3v) is 2.63. The zero-order chi connectivity index (χ0) is 10.8. The van der Waals surface area contributed by atoms with E-state index in [0.717, 1.165) is 0 Å². The molecule has 0 atom stereocenters. The van der Waals surface area contributed by atoms with Gasteiger partial charge >= 0.3 is 0 Å². The van der Waals surface area contributed by atoms with Gasteiger partial charge in [0.1, 0.15) is 10.7 Å². The molecule has 0 aromatic heterocycles. The SMILES string of the molecule is NC(=NCl)c1ccccc1S(=O)(=O)O. The third-order valence-electron chi connectivity index (χ3n) is 1.53. The first-order valence-corrected chi connectivity index (χ1v) is 5.26. The summed E-state index contributed by atoms with van der Waals surface area (Å²) in [5.41, 5.74) is 5.41. The van der Waals surface area contributed by atoms with Gasteiger partial charge in [-0.3, -0.25) is 4.55 Å². The van der Waals surface area contributed by atoms with Crippen LogP contribution in [0.3, 0.4) is 0 Å². The summed E-state index contributed by atoms with van der Waals surface area (Å²) in [4.78, 5) is -0.318. The van der Waals surface area contributed by atoms with Gasteiger partial charge in [0.15, 0.2) is 0 Å². The van der Waals surface area contributed by atoms with E-state index in [1.165, 1.54) is 18.2 Å². The number of hydrogen-bond acceptors (Lipinski definition) is 3. The molecule has 0 radical (unpaired) electrons. The van der Waals surface area contributed by atoms with Crippen LogP contribution >= 0.6 is 11.8 Å². The van der Waals surface area contributed by atoms with Gasteiger partial charge in [-0.25, -0.2) is 0 Å². The summed E-state index contributed by atoms with van der Waals surface area (Å²) in [5, 5.41) is 0. The number of nitrogens with zero attached hydrogens (tertiary/aromatic N) is 1. The van der Waals surface area contributed by atoms with Crippen LogP contribution in [0.15, 0.2) is 33.7 Å². The number of benzene rings is 1. The lowest BCUT2D eigenvalue weighted by Crippen LogP contribution is -2.16. The Morgan fingerprint density at radius 3 is 2.50 bits per heavy atom. The molecule has 0 saturated carbocycles. The molecule has 14 heavy (non-hydrogen) atoms. The Morgan fingerprint density at radius 1 is 1.43 bits per heavy atom. The van der Waals surface area contributed by atoms with Crippen molar-refractivity contribution in [3.05, 3.63) is 29.8 Å². The van der Waals surface area contributed by atoms with Gasteiger partial charge in [-0.2, -0.15) is 12.9 Å². The average molecular weight is 235 g/mol.